The van der Waals surface area contributed by atoms with E-state index in [1.165, 1.54) is 6.92 Å². The molecule has 0 aromatic heterocycles. The predicted molar refractivity (Wildman–Crippen MR) is 54.8 cm³/mol. The summed E-state index contributed by atoms with van der Waals surface area (Å²) < 4.78 is 0. The zero-order chi connectivity index (χ0) is 9.07. The van der Waals surface area contributed by atoms with Gasteiger partial charge in [0.1, 0.15) is 5.78 Å². The fraction of sp³-hybridized carbons (Fsp3) is 0.875. The molecule has 0 amide bonds. The quantitative estimate of drug-likeness (QED) is 0.683. The van der Waals surface area contributed by atoms with Gasteiger partial charge >= 0.3 is 0 Å². The number of carbonyl (C=O) groups excluding carboxylic acids is 1. The van der Waals surface area contributed by atoms with Crippen LogP contribution in [0.15, 0.2) is 0 Å². The Labute approximate surface area is 81.0 Å². The minimum atomic E-state index is -0.421. The average Bonchev–Trinajstić information content (AvgIpc) is 1.80. The van der Waals surface area contributed by atoms with E-state index in [9.17, 15) is 4.79 Å². The third-order valence-electron chi connectivity index (χ3n) is 1.28. The monoisotopic (exact) mass is 193 g/mol. The number of rotatable bonds is 3. The second kappa shape index (κ2) is 5.56. The van der Waals surface area contributed by atoms with Crippen molar-refractivity contribution in [2.75, 3.05) is 6.61 Å². The molecule has 4 heteroatoms. The molecular formula is C8H19NO2S. The van der Waals surface area contributed by atoms with E-state index in [1.54, 1.807) is 0 Å². The summed E-state index contributed by atoms with van der Waals surface area (Å²) in [5, 5.41) is 11.8. The molecule has 0 aliphatic heterocycles. The second-order valence-corrected chi connectivity index (χ2v) is 3.74. The lowest BCUT2D eigenvalue weighted by Crippen LogP contribution is -2.48. The lowest BCUT2D eigenvalue weighted by atomic mass is 10.1. The first-order valence-corrected chi connectivity index (χ1v) is 3.76. The normalized spacial score (nSPS) is 13.4. The number of ketones is 1. The van der Waals surface area contributed by atoms with Crippen LogP contribution < -0.4 is 5.32 Å². The Kier molecular flexibility index (Phi) is 6.70. The van der Waals surface area contributed by atoms with Crippen molar-refractivity contribution in [2.45, 2.75) is 39.3 Å². The highest BCUT2D eigenvalue weighted by atomic mass is 32.1. The first-order valence-electron chi connectivity index (χ1n) is 3.76. The number of Topliss-reactive ketones (excluding diaryl/α,β-unsaturated/α-hetero) is 1. The summed E-state index contributed by atoms with van der Waals surface area (Å²) in [5.74, 6) is -0.0255. The molecule has 0 radical (unpaired) electrons. The Morgan fingerprint density at radius 1 is 1.50 bits per heavy atom. The van der Waals surface area contributed by atoms with E-state index in [0.29, 0.717) is 0 Å². The Morgan fingerprint density at radius 2 is 1.92 bits per heavy atom. The molecule has 0 saturated heterocycles. The van der Waals surface area contributed by atoms with Gasteiger partial charge in [-0.05, 0) is 27.7 Å². The summed E-state index contributed by atoms with van der Waals surface area (Å²) in [4.78, 5) is 10.8. The average molecular weight is 193 g/mol. The molecule has 0 aromatic carbocycles. The van der Waals surface area contributed by atoms with E-state index in [-0.39, 0.29) is 31.4 Å². The van der Waals surface area contributed by atoms with Crippen molar-refractivity contribution < 1.29 is 9.90 Å². The third-order valence-corrected chi connectivity index (χ3v) is 1.28. The van der Waals surface area contributed by atoms with Crippen LogP contribution in [0.2, 0.25) is 0 Å². The Bertz CT molecular complexity index is 142. The molecule has 12 heavy (non-hydrogen) atoms. The summed E-state index contributed by atoms with van der Waals surface area (Å²) in [6.07, 6.45) is 0. The maximum atomic E-state index is 10.8. The van der Waals surface area contributed by atoms with Gasteiger partial charge in [-0.25, -0.2) is 0 Å². The molecule has 0 aliphatic rings. The topological polar surface area (TPSA) is 49.3 Å². The van der Waals surface area contributed by atoms with Gasteiger partial charge < -0.3 is 10.4 Å². The fourth-order valence-corrected chi connectivity index (χ4v) is 0.799. The van der Waals surface area contributed by atoms with Gasteiger partial charge in [-0.1, -0.05) is 0 Å². The van der Waals surface area contributed by atoms with Crippen LogP contribution in [0.1, 0.15) is 27.7 Å². The summed E-state index contributed by atoms with van der Waals surface area (Å²) in [6.45, 7) is 7.21. The highest BCUT2D eigenvalue weighted by Gasteiger charge is 2.19. The molecule has 0 fully saturated rings. The summed E-state index contributed by atoms with van der Waals surface area (Å²) in [5.41, 5.74) is -0.126. The maximum Gasteiger partial charge on any atom is 0.149 e. The SMILES string of the molecule is CC(=O)[C@H](CO)NC(C)(C)C.S. The van der Waals surface area contributed by atoms with Crippen molar-refractivity contribution in [3.8, 4) is 0 Å². The van der Waals surface area contributed by atoms with E-state index in [0.717, 1.165) is 0 Å². The third kappa shape index (κ3) is 6.64. The van der Waals surface area contributed by atoms with Gasteiger partial charge in [-0.15, -0.1) is 0 Å². The molecular weight excluding hydrogens is 174 g/mol. The molecule has 0 unspecified atom stereocenters. The van der Waals surface area contributed by atoms with Gasteiger partial charge in [0, 0.05) is 5.54 Å². The minimum absolute atomic E-state index is 0. The molecule has 0 rings (SSSR count). The zero-order valence-corrected chi connectivity index (χ0v) is 9.14. The lowest BCUT2D eigenvalue weighted by molar-refractivity contribution is -0.120. The van der Waals surface area contributed by atoms with Crippen LogP contribution in [-0.4, -0.2) is 29.1 Å². The van der Waals surface area contributed by atoms with Gasteiger partial charge in [0.15, 0.2) is 0 Å². The standard InChI is InChI=1S/C8H17NO2.H2S/c1-6(11)7(5-10)9-8(2,3)4;/h7,9-10H,5H2,1-4H3;1H2/t7-;/m0./s1. The van der Waals surface area contributed by atoms with Crippen LogP contribution in [0, 0.1) is 0 Å². The van der Waals surface area contributed by atoms with E-state index < -0.39 is 6.04 Å². The number of carbonyl (C=O) groups is 1. The first-order chi connectivity index (χ1) is 4.87. The van der Waals surface area contributed by atoms with Crippen molar-refractivity contribution >= 4 is 19.3 Å². The predicted octanol–water partition coefficient (Wildman–Crippen LogP) is 0.437. The van der Waals surface area contributed by atoms with Crippen LogP contribution in [0.5, 0.6) is 0 Å². The summed E-state index contributed by atoms with van der Waals surface area (Å²) >= 11 is 0. The van der Waals surface area contributed by atoms with Gasteiger partial charge in [0.25, 0.3) is 0 Å². The number of aliphatic hydroxyl groups is 1. The van der Waals surface area contributed by atoms with Crippen LogP contribution >= 0.6 is 13.5 Å². The van der Waals surface area contributed by atoms with Crippen molar-refractivity contribution in [3.63, 3.8) is 0 Å². The number of hydrogen-bond acceptors (Lipinski definition) is 3. The van der Waals surface area contributed by atoms with Crippen molar-refractivity contribution in [1.82, 2.24) is 5.32 Å². The Hall–Kier alpha value is -0.0600. The molecule has 0 aliphatic carbocycles. The highest BCUT2D eigenvalue weighted by Crippen LogP contribution is 2.01. The molecule has 74 valence electrons. The first kappa shape index (κ1) is 14.5. The molecule has 0 saturated carbocycles. The largest absolute Gasteiger partial charge is 0.394 e. The van der Waals surface area contributed by atoms with Gasteiger partial charge in [0.2, 0.25) is 0 Å². The zero-order valence-electron chi connectivity index (χ0n) is 8.14. The van der Waals surface area contributed by atoms with E-state index in [1.807, 2.05) is 20.8 Å². The Balaban J connectivity index is 0. The molecule has 0 spiro atoms. The van der Waals surface area contributed by atoms with Gasteiger partial charge in [-0.3, -0.25) is 4.79 Å². The summed E-state index contributed by atoms with van der Waals surface area (Å²) in [6, 6.07) is -0.421. The van der Waals surface area contributed by atoms with Crippen molar-refractivity contribution in [1.29, 1.82) is 0 Å². The lowest BCUT2D eigenvalue weighted by Gasteiger charge is -2.25. The van der Waals surface area contributed by atoms with Crippen LogP contribution in [0.4, 0.5) is 0 Å². The molecule has 3 nitrogen and oxygen atoms in total. The van der Waals surface area contributed by atoms with Crippen LogP contribution in [-0.2, 0) is 4.79 Å². The van der Waals surface area contributed by atoms with E-state index in [2.05, 4.69) is 5.32 Å². The van der Waals surface area contributed by atoms with Crippen molar-refractivity contribution in [2.24, 2.45) is 0 Å². The van der Waals surface area contributed by atoms with Crippen LogP contribution in [0.3, 0.4) is 0 Å². The molecule has 0 bridgehead atoms. The summed E-state index contributed by atoms with van der Waals surface area (Å²) in [7, 11) is 0. The molecule has 2 N–H and O–H groups in total. The van der Waals surface area contributed by atoms with E-state index >= 15 is 0 Å². The van der Waals surface area contributed by atoms with Gasteiger partial charge in [0.05, 0.1) is 12.6 Å². The van der Waals surface area contributed by atoms with Crippen LogP contribution in [0.25, 0.3) is 0 Å². The number of nitrogens with one attached hydrogen (secondary N) is 1. The molecule has 0 aromatic rings. The van der Waals surface area contributed by atoms with Crippen molar-refractivity contribution in [3.05, 3.63) is 0 Å². The Morgan fingerprint density at radius 3 is 2.00 bits per heavy atom. The van der Waals surface area contributed by atoms with E-state index in [4.69, 9.17) is 5.11 Å². The van der Waals surface area contributed by atoms with Gasteiger partial charge in [-0.2, -0.15) is 13.5 Å². The second-order valence-electron chi connectivity index (χ2n) is 3.74. The minimum Gasteiger partial charge on any atom is -0.394 e. The maximum absolute atomic E-state index is 10.8. The smallest absolute Gasteiger partial charge is 0.149 e. The highest BCUT2D eigenvalue weighted by molar-refractivity contribution is 7.59. The molecule has 0 heterocycles. The number of hydrogen-bond donors (Lipinski definition) is 2. The fourth-order valence-electron chi connectivity index (χ4n) is 0.799. The molecule has 1 atom stereocenters. The number of aliphatic hydroxyl groups excluding tert-OH is 1.